The molecular formula is C30H31NO3S. The summed E-state index contributed by atoms with van der Waals surface area (Å²) < 4.78 is 32.9. The van der Waals surface area contributed by atoms with Crippen LogP contribution in [0.3, 0.4) is 0 Å². The van der Waals surface area contributed by atoms with Gasteiger partial charge in [-0.25, -0.2) is 8.42 Å². The van der Waals surface area contributed by atoms with Crippen LogP contribution in [0.25, 0.3) is 0 Å². The second-order valence-corrected chi connectivity index (χ2v) is 10.7. The summed E-state index contributed by atoms with van der Waals surface area (Å²) in [5, 5.41) is 0. The maximum Gasteiger partial charge on any atom is 0.180 e. The number of hydrogen-bond donors (Lipinski definition) is 0. The van der Waals surface area contributed by atoms with Crippen LogP contribution in [0.5, 0.6) is 0 Å². The highest BCUT2D eigenvalue weighted by Crippen LogP contribution is 2.19. The minimum absolute atomic E-state index is 0.0224. The quantitative estimate of drug-likeness (QED) is 0.256. The first kappa shape index (κ1) is 24.9. The van der Waals surface area contributed by atoms with Gasteiger partial charge in [-0.3, -0.25) is 4.90 Å². The Hall–Kier alpha value is -3.25. The van der Waals surface area contributed by atoms with Gasteiger partial charge in [0.25, 0.3) is 0 Å². The van der Waals surface area contributed by atoms with Gasteiger partial charge >= 0.3 is 0 Å². The van der Waals surface area contributed by atoms with Crippen molar-refractivity contribution in [3.63, 3.8) is 0 Å². The van der Waals surface area contributed by atoms with Crippen molar-refractivity contribution >= 4 is 9.84 Å². The van der Waals surface area contributed by atoms with E-state index in [1.807, 2.05) is 72.8 Å². The molecule has 180 valence electrons. The lowest BCUT2D eigenvalue weighted by Crippen LogP contribution is -2.42. The Morgan fingerprint density at radius 2 is 1.03 bits per heavy atom. The zero-order valence-electron chi connectivity index (χ0n) is 19.7. The topological polar surface area (TPSA) is 46.6 Å². The molecule has 0 aromatic heterocycles. The zero-order valence-corrected chi connectivity index (χ0v) is 20.6. The lowest BCUT2D eigenvalue weighted by molar-refractivity contribution is 0.0514. The number of ether oxygens (including phenoxy) is 1. The molecule has 0 saturated heterocycles. The zero-order chi connectivity index (χ0) is 24.3. The number of sulfone groups is 1. The molecule has 0 fully saturated rings. The van der Waals surface area contributed by atoms with Crippen molar-refractivity contribution in [2.45, 2.75) is 30.6 Å². The standard InChI is InChI=1S/C30H31NO3S/c32-35(33,30-19-11-4-12-20-30)25-29(24-34-23-28-17-9-3-10-18-28)31(21-26-13-5-1-6-14-26)22-27-15-7-2-8-16-27/h1-20,29H,21-25H2/t29-/m1/s1. The number of rotatable bonds is 12. The Morgan fingerprint density at radius 1 is 0.600 bits per heavy atom. The predicted molar refractivity (Wildman–Crippen MR) is 141 cm³/mol. The maximum absolute atomic E-state index is 13.4. The molecule has 0 radical (unpaired) electrons. The molecule has 0 spiro atoms. The first-order chi connectivity index (χ1) is 17.1. The second-order valence-electron chi connectivity index (χ2n) is 8.63. The van der Waals surface area contributed by atoms with Crippen molar-refractivity contribution in [3.8, 4) is 0 Å². The molecule has 0 heterocycles. The highest BCUT2D eigenvalue weighted by atomic mass is 32.2. The van der Waals surface area contributed by atoms with Crippen molar-refractivity contribution in [2.75, 3.05) is 12.4 Å². The van der Waals surface area contributed by atoms with Gasteiger partial charge in [0, 0.05) is 19.1 Å². The first-order valence-corrected chi connectivity index (χ1v) is 13.5. The van der Waals surface area contributed by atoms with Crippen LogP contribution in [0.1, 0.15) is 16.7 Å². The average molecular weight is 486 g/mol. The van der Waals surface area contributed by atoms with Crippen molar-refractivity contribution in [1.29, 1.82) is 0 Å². The molecule has 0 bridgehead atoms. The van der Waals surface area contributed by atoms with Crippen LogP contribution in [0.15, 0.2) is 126 Å². The molecule has 0 N–H and O–H groups in total. The molecular weight excluding hydrogens is 454 g/mol. The molecule has 5 heteroatoms. The van der Waals surface area contributed by atoms with Gasteiger partial charge < -0.3 is 4.74 Å². The van der Waals surface area contributed by atoms with E-state index in [4.69, 9.17) is 4.74 Å². The summed E-state index contributed by atoms with van der Waals surface area (Å²) in [5.74, 6) is -0.0224. The fourth-order valence-corrected chi connectivity index (χ4v) is 5.65. The number of benzene rings is 4. The summed E-state index contributed by atoms with van der Waals surface area (Å²) in [7, 11) is -3.51. The van der Waals surface area contributed by atoms with Crippen LogP contribution in [0.4, 0.5) is 0 Å². The molecule has 1 atom stereocenters. The van der Waals surface area contributed by atoms with E-state index in [2.05, 4.69) is 29.2 Å². The molecule has 4 rings (SSSR count). The summed E-state index contributed by atoms with van der Waals surface area (Å²) in [4.78, 5) is 2.56. The van der Waals surface area contributed by atoms with Crippen molar-refractivity contribution in [2.24, 2.45) is 0 Å². The smallest absolute Gasteiger partial charge is 0.180 e. The molecule has 4 aromatic rings. The molecule has 4 nitrogen and oxygen atoms in total. The monoisotopic (exact) mass is 485 g/mol. The van der Waals surface area contributed by atoms with Gasteiger partial charge in [-0.1, -0.05) is 109 Å². The summed E-state index contributed by atoms with van der Waals surface area (Å²) in [6.07, 6.45) is 0. The second kappa shape index (κ2) is 12.5. The summed E-state index contributed by atoms with van der Waals surface area (Å²) >= 11 is 0. The Labute approximate surface area is 208 Å². The Kier molecular flexibility index (Phi) is 8.85. The number of nitrogens with zero attached hydrogens (tertiary/aromatic N) is 1. The predicted octanol–water partition coefficient (Wildman–Crippen LogP) is 5.75. The third-order valence-electron chi connectivity index (χ3n) is 5.91. The third kappa shape index (κ3) is 7.62. The van der Waals surface area contributed by atoms with E-state index < -0.39 is 9.84 Å². The van der Waals surface area contributed by atoms with Crippen molar-refractivity contribution in [1.82, 2.24) is 4.90 Å². The van der Waals surface area contributed by atoms with Gasteiger partial charge in [0.2, 0.25) is 0 Å². The van der Waals surface area contributed by atoms with Gasteiger partial charge in [-0.05, 0) is 28.8 Å². The Bertz CT molecular complexity index is 1210. The van der Waals surface area contributed by atoms with Gasteiger partial charge in [0.1, 0.15) is 0 Å². The molecule has 0 unspecified atom stereocenters. The van der Waals surface area contributed by atoms with Gasteiger partial charge in [0.05, 0.1) is 23.9 Å². The first-order valence-electron chi connectivity index (χ1n) is 11.8. The minimum Gasteiger partial charge on any atom is -0.375 e. The van der Waals surface area contributed by atoms with E-state index in [-0.39, 0.29) is 11.8 Å². The Morgan fingerprint density at radius 3 is 1.51 bits per heavy atom. The van der Waals surface area contributed by atoms with E-state index in [1.165, 1.54) is 0 Å². The van der Waals surface area contributed by atoms with Crippen LogP contribution in [0.2, 0.25) is 0 Å². The fraction of sp³-hybridized carbons (Fsp3) is 0.200. The molecule has 0 aliphatic carbocycles. The summed E-state index contributed by atoms with van der Waals surface area (Å²) in [6.45, 7) is 1.99. The van der Waals surface area contributed by atoms with E-state index >= 15 is 0 Å². The lowest BCUT2D eigenvalue weighted by atomic mass is 10.1. The molecule has 0 aliphatic rings. The van der Waals surface area contributed by atoms with Crippen LogP contribution in [0, 0.1) is 0 Å². The fourth-order valence-electron chi connectivity index (χ4n) is 4.07. The summed E-state index contributed by atoms with van der Waals surface area (Å²) in [5.41, 5.74) is 3.33. The van der Waals surface area contributed by atoms with Crippen molar-refractivity contribution in [3.05, 3.63) is 138 Å². The highest BCUT2D eigenvalue weighted by molar-refractivity contribution is 7.91. The van der Waals surface area contributed by atoms with E-state index in [0.29, 0.717) is 31.2 Å². The maximum atomic E-state index is 13.4. The van der Waals surface area contributed by atoms with Crippen LogP contribution in [-0.4, -0.2) is 31.7 Å². The highest BCUT2D eigenvalue weighted by Gasteiger charge is 2.27. The molecule has 0 amide bonds. The van der Waals surface area contributed by atoms with Crippen LogP contribution >= 0.6 is 0 Å². The SMILES string of the molecule is O=S(=O)(C[C@@H](COCc1ccccc1)N(Cc1ccccc1)Cc1ccccc1)c1ccccc1. The average Bonchev–Trinajstić information content (AvgIpc) is 2.90. The normalized spacial score (nSPS) is 12.5. The minimum atomic E-state index is -3.51. The van der Waals surface area contributed by atoms with Crippen molar-refractivity contribution < 1.29 is 13.2 Å². The largest absolute Gasteiger partial charge is 0.375 e. The van der Waals surface area contributed by atoms with E-state index in [9.17, 15) is 8.42 Å². The van der Waals surface area contributed by atoms with Gasteiger partial charge in [0.15, 0.2) is 9.84 Å². The van der Waals surface area contributed by atoms with Crippen LogP contribution < -0.4 is 0 Å². The molecule has 0 saturated carbocycles. The third-order valence-corrected chi connectivity index (χ3v) is 7.72. The lowest BCUT2D eigenvalue weighted by Gasteiger charge is -2.32. The van der Waals surface area contributed by atoms with E-state index in [1.54, 1.807) is 24.3 Å². The Balaban J connectivity index is 1.60. The molecule has 0 aliphatic heterocycles. The number of hydrogen-bond acceptors (Lipinski definition) is 4. The van der Waals surface area contributed by atoms with E-state index in [0.717, 1.165) is 16.7 Å². The molecule has 35 heavy (non-hydrogen) atoms. The van der Waals surface area contributed by atoms with Gasteiger partial charge in [-0.15, -0.1) is 0 Å². The van der Waals surface area contributed by atoms with Crippen LogP contribution in [-0.2, 0) is 34.3 Å². The molecule has 4 aromatic carbocycles. The summed E-state index contributed by atoms with van der Waals surface area (Å²) in [6, 6.07) is 38.6. The van der Waals surface area contributed by atoms with Gasteiger partial charge in [-0.2, -0.15) is 0 Å².